The van der Waals surface area contributed by atoms with Crippen LogP contribution < -0.4 is 15.6 Å². The molecule has 2 N–H and O–H groups in total. The third kappa shape index (κ3) is 3.88. The molecule has 2 heterocycles. The quantitative estimate of drug-likeness (QED) is 0.851. The summed E-state index contributed by atoms with van der Waals surface area (Å²) in [4.78, 5) is 14.6. The second-order valence-electron chi connectivity index (χ2n) is 6.57. The summed E-state index contributed by atoms with van der Waals surface area (Å²) in [6, 6.07) is 8.12. The van der Waals surface area contributed by atoms with Crippen LogP contribution in [0.5, 0.6) is 5.75 Å². The Bertz CT molecular complexity index is 558. The van der Waals surface area contributed by atoms with Crippen LogP contribution in [0.3, 0.4) is 0 Å². The Morgan fingerprint density at radius 3 is 2.71 bits per heavy atom. The maximum Gasteiger partial charge on any atom is 0.228 e. The van der Waals surface area contributed by atoms with Gasteiger partial charge in [-0.15, -0.1) is 0 Å². The summed E-state index contributed by atoms with van der Waals surface area (Å²) < 4.78 is 11.4. The Morgan fingerprint density at radius 2 is 2.04 bits per heavy atom. The van der Waals surface area contributed by atoms with E-state index in [-0.39, 0.29) is 24.0 Å². The van der Waals surface area contributed by atoms with Crippen LogP contribution in [0.25, 0.3) is 0 Å². The van der Waals surface area contributed by atoms with Crippen LogP contribution in [0.15, 0.2) is 24.3 Å². The van der Waals surface area contributed by atoms with E-state index in [4.69, 9.17) is 9.47 Å². The normalized spacial score (nSPS) is 25.0. The van der Waals surface area contributed by atoms with Crippen LogP contribution >= 0.6 is 0 Å². The van der Waals surface area contributed by atoms with E-state index in [9.17, 15) is 4.79 Å². The number of hydrogen-bond acceptors (Lipinski definition) is 5. The van der Waals surface area contributed by atoms with Crippen molar-refractivity contribution in [2.24, 2.45) is 5.92 Å². The fraction of sp³-hybridized carbons (Fsp3) is 0.611. The van der Waals surface area contributed by atoms with E-state index in [1.807, 2.05) is 36.1 Å². The van der Waals surface area contributed by atoms with Crippen LogP contribution in [-0.4, -0.2) is 49.7 Å². The van der Waals surface area contributed by atoms with Gasteiger partial charge in [0.25, 0.3) is 0 Å². The number of hydrogen-bond donors (Lipinski definition) is 2. The first-order chi connectivity index (χ1) is 11.7. The van der Waals surface area contributed by atoms with Crippen molar-refractivity contribution >= 4 is 5.91 Å². The number of carbonyl (C=O) groups is 1. The smallest absolute Gasteiger partial charge is 0.228 e. The van der Waals surface area contributed by atoms with Crippen molar-refractivity contribution < 1.29 is 14.3 Å². The largest absolute Gasteiger partial charge is 0.496 e. The number of nitrogens with one attached hydrogen (secondary N) is 2. The van der Waals surface area contributed by atoms with Gasteiger partial charge >= 0.3 is 0 Å². The van der Waals surface area contributed by atoms with Gasteiger partial charge in [-0.3, -0.25) is 15.6 Å². The van der Waals surface area contributed by atoms with E-state index < -0.39 is 0 Å². The molecule has 0 radical (unpaired) electrons. The number of methoxy groups -OCH3 is 1. The molecular formula is C18H27N3O3. The lowest BCUT2D eigenvalue weighted by atomic mass is 9.99. The van der Waals surface area contributed by atoms with Crippen LogP contribution in [-0.2, 0) is 16.1 Å². The highest BCUT2D eigenvalue weighted by molar-refractivity contribution is 5.80. The van der Waals surface area contributed by atoms with Crippen molar-refractivity contribution in [1.29, 1.82) is 0 Å². The monoisotopic (exact) mass is 333 g/mol. The molecule has 2 saturated heterocycles. The van der Waals surface area contributed by atoms with E-state index in [1.165, 1.54) is 0 Å². The number of piperidine rings is 1. The topological polar surface area (TPSA) is 62.8 Å². The van der Waals surface area contributed by atoms with E-state index in [0.717, 1.165) is 37.2 Å². The lowest BCUT2D eigenvalue weighted by Gasteiger charge is -2.34. The Hall–Kier alpha value is -1.63. The molecule has 132 valence electrons. The van der Waals surface area contributed by atoms with Crippen molar-refractivity contribution in [3.05, 3.63) is 29.8 Å². The zero-order valence-corrected chi connectivity index (χ0v) is 14.5. The molecule has 0 aliphatic carbocycles. The van der Waals surface area contributed by atoms with E-state index >= 15 is 0 Å². The summed E-state index contributed by atoms with van der Waals surface area (Å²) in [5.41, 5.74) is 7.24. The molecule has 2 fully saturated rings. The molecule has 3 rings (SSSR count). The summed E-state index contributed by atoms with van der Waals surface area (Å²) in [5, 5.41) is 0. The zero-order valence-electron chi connectivity index (χ0n) is 14.5. The van der Waals surface area contributed by atoms with Crippen molar-refractivity contribution in [2.45, 2.75) is 38.5 Å². The van der Waals surface area contributed by atoms with Crippen molar-refractivity contribution in [3.63, 3.8) is 0 Å². The first-order valence-electron chi connectivity index (χ1n) is 8.69. The second kappa shape index (κ2) is 7.96. The highest BCUT2D eigenvalue weighted by Crippen LogP contribution is 2.22. The third-order valence-electron chi connectivity index (χ3n) is 4.99. The molecule has 24 heavy (non-hydrogen) atoms. The van der Waals surface area contributed by atoms with Crippen molar-refractivity contribution in [3.8, 4) is 5.75 Å². The van der Waals surface area contributed by atoms with Crippen molar-refractivity contribution in [2.75, 3.05) is 26.7 Å². The minimum absolute atomic E-state index is 0.0380. The SMILES string of the molecule is COc1ccccc1COC1CCN(C(=O)C2CNNC2C)CC1. The molecule has 2 unspecified atom stereocenters. The molecule has 2 aliphatic heterocycles. The highest BCUT2D eigenvalue weighted by Gasteiger charge is 2.34. The minimum Gasteiger partial charge on any atom is -0.496 e. The summed E-state index contributed by atoms with van der Waals surface area (Å²) in [7, 11) is 1.68. The summed E-state index contributed by atoms with van der Waals surface area (Å²) in [6.07, 6.45) is 1.99. The summed E-state index contributed by atoms with van der Waals surface area (Å²) >= 11 is 0. The third-order valence-corrected chi connectivity index (χ3v) is 4.99. The molecule has 0 bridgehead atoms. The average molecular weight is 333 g/mol. The highest BCUT2D eigenvalue weighted by atomic mass is 16.5. The summed E-state index contributed by atoms with van der Waals surface area (Å²) in [6.45, 7) is 4.86. The average Bonchev–Trinajstić information content (AvgIpc) is 3.06. The van der Waals surface area contributed by atoms with E-state index in [2.05, 4.69) is 10.9 Å². The maximum atomic E-state index is 12.6. The van der Waals surface area contributed by atoms with Gasteiger partial charge in [0, 0.05) is 31.2 Å². The molecule has 2 aliphatic rings. The molecule has 1 aromatic rings. The van der Waals surface area contributed by atoms with Gasteiger partial charge in [-0.1, -0.05) is 18.2 Å². The Kier molecular flexibility index (Phi) is 5.71. The predicted molar refractivity (Wildman–Crippen MR) is 91.5 cm³/mol. The number of benzene rings is 1. The Balaban J connectivity index is 1.46. The number of likely N-dealkylation sites (tertiary alicyclic amines) is 1. The predicted octanol–water partition coefficient (Wildman–Crippen LogP) is 1.32. The molecule has 2 atom stereocenters. The van der Waals surface area contributed by atoms with Gasteiger partial charge < -0.3 is 14.4 Å². The molecule has 0 saturated carbocycles. The van der Waals surface area contributed by atoms with Gasteiger partial charge in [-0.25, -0.2) is 0 Å². The maximum absolute atomic E-state index is 12.6. The molecule has 6 heteroatoms. The molecule has 1 amide bonds. The number of rotatable bonds is 5. The minimum atomic E-state index is 0.0380. The number of nitrogens with zero attached hydrogens (tertiary/aromatic N) is 1. The molecule has 0 aromatic heterocycles. The number of amides is 1. The number of carbonyl (C=O) groups excluding carboxylic acids is 1. The van der Waals surface area contributed by atoms with E-state index in [1.54, 1.807) is 7.11 Å². The Labute approximate surface area is 143 Å². The van der Waals surface area contributed by atoms with Gasteiger partial charge in [-0.2, -0.15) is 0 Å². The standard InChI is InChI=1S/C18H27N3O3/c1-13-16(11-19-20-13)18(22)21-9-7-15(8-10-21)24-12-14-5-3-4-6-17(14)23-2/h3-6,13,15-16,19-20H,7-12H2,1-2H3. The Morgan fingerprint density at radius 1 is 1.29 bits per heavy atom. The second-order valence-corrected chi connectivity index (χ2v) is 6.57. The van der Waals surface area contributed by atoms with Gasteiger partial charge in [-0.05, 0) is 25.8 Å². The molecule has 6 nitrogen and oxygen atoms in total. The van der Waals surface area contributed by atoms with Gasteiger partial charge in [0.15, 0.2) is 0 Å². The first kappa shape index (κ1) is 17.2. The number of ether oxygens (including phenoxy) is 2. The van der Waals surface area contributed by atoms with Gasteiger partial charge in [0.1, 0.15) is 5.75 Å². The zero-order chi connectivity index (χ0) is 16.9. The van der Waals surface area contributed by atoms with Gasteiger partial charge in [0.2, 0.25) is 5.91 Å². The lowest BCUT2D eigenvalue weighted by Crippen LogP contribution is -2.46. The van der Waals surface area contributed by atoms with Crippen LogP contribution in [0.2, 0.25) is 0 Å². The molecule has 0 spiro atoms. The van der Waals surface area contributed by atoms with Crippen LogP contribution in [0.4, 0.5) is 0 Å². The fourth-order valence-electron chi connectivity index (χ4n) is 3.42. The van der Waals surface area contributed by atoms with Crippen LogP contribution in [0, 0.1) is 5.92 Å². The first-order valence-corrected chi connectivity index (χ1v) is 8.69. The number of hydrazine groups is 1. The van der Waals surface area contributed by atoms with Crippen molar-refractivity contribution in [1.82, 2.24) is 15.8 Å². The molecule has 1 aromatic carbocycles. The van der Waals surface area contributed by atoms with Gasteiger partial charge in [0.05, 0.1) is 25.7 Å². The molecular weight excluding hydrogens is 306 g/mol. The summed E-state index contributed by atoms with van der Waals surface area (Å²) in [5.74, 6) is 1.15. The fourth-order valence-corrected chi connectivity index (χ4v) is 3.42. The van der Waals surface area contributed by atoms with E-state index in [0.29, 0.717) is 13.2 Å². The van der Waals surface area contributed by atoms with Crippen LogP contribution in [0.1, 0.15) is 25.3 Å². The lowest BCUT2D eigenvalue weighted by molar-refractivity contribution is -0.138. The number of para-hydroxylation sites is 1.